The summed E-state index contributed by atoms with van der Waals surface area (Å²) in [6.07, 6.45) is 1.22. The fourth-order valence-corrected chi connectivity index (χ4v) is 3.88. The summed E-state index contributed by atoms with van der Waals surface area (Å²) in [5.41, 5.74) is 3.98. The van der Waals surface area contributed by atoms with Gasteiger partial charge in [-0.1, -0.05) is 50.6 Å². The lowest BCUT2D eigenvalue weighted by atomic mass is 9.81. The minimum absolute atomic E-state index is 0.0419. The average molecular weight is 451 g/mol. The summed E-state index contributed by atoms with van der Waals surface area (Å²) in [5, 5.41) is 10.9. The zero-order valence-corrected chi connectivity index (χ0v) is 19.2. The molecule has 166 valence electrons. The highest BCUT2D eigenvalue weighted by atomic mass is 35.5. The molecule has 1 aromatic heterocycles. The molecule has 0 spiro atoms. The lowest BCUT2D eigenvalue weighted by Gasteiger charge is -2.24. The molecule has 2 aromatic carbocycles. The Morgan fingerprint density at radius 3 is 2.62 bits per heavy atom. The molecule has 7 heteroatoms. The van der Waals surface area contributed by atoms with Crippen molar-refractivity contribution in [3.05, 3.63) is 65.2 Å². The van der Waals surface area contributed by atoms with Crippen LogP contribution < -0.4 is 10.6 Å². The van der Waals surface area contributed by atoms with Crippen LogP contribution in [-0.2, 0) is 15.0 Å². The van der Waals surface area contributed by atoms with Gasteiger partial charge in [-0.3, -0.25) is 9.59 Å². The average Bonchev–Trinajstić information content (AvgIpc) is 3.41. The highest BCUT2D eigenvalue weighted by molar-refractivity contribution is 6.30. The molecule has 1 aliphatic heterocycles. The van der Waals surface area contributed by atoms with E-state index in [4.69, 9.17) is 11.6 Å². The fourth-order valence-electron chi connectivity index (χ4n) is 3.75. The lowest BCUT2D eigenvalue weighted by Crippen LogP contribution is -2.24. The van der Waals surface area contributed by atoms with Crippen LogP contribution in [0, 0.1) is 5.92 Å². The Hall–Kier alpha value is -3.12. The Labute approximate surface area is 193 Å². The molecule has 2 N–H and O–H groups in total. The second kappa shape index (κ2) is 8.79. The zero-order chi connectivity index (χ0) is 22.9. The van der Waals surface area contributed by atoms with Gasteiger partial charge in [-0.25, -0.2) is 4.68 Å². The van der Waals surface area contributed by atoms with E-state index in [2.05, 4.69) is 54.7 Å². The van der Waals surface area contributed by atoms with Crippen LogP contribution in [0.15, 0.2) is 54.6 Å². The van der Waals surface area contributed by atoms with Gasteiger partial charge in [-0.05, 0) is 47.7 Å². The number of carbonyl (C=O) groups excluding carboxylic acids is 2. The van der Waals surface area contributed by atoms with Crippen molar-refractivity contribution in [3.8, 4) is 16.9 Å². The van der Waals surface area contributed by atoms with Crippen molar-refractivity contribution < 1.29 is 9.59 Å². The summed E-state index contributed by atoms with van der Waals surface area (Å²) in [6.45, 7) is 6.99. The predicted octanol–water partition coefficient (Wildman–Crippen LogP) is 4.95. The molecule has 0 bridgehead atoms. The second-order valence-corrected chi connectivity index (χ2v) is 9.25. The number of nitrogens with one attached hydrogen (secondary N) is 2. The van der Waals surface area contributed by atoms with Crippen molar-refractivity contribution in [2.45, 2.75) is 39.0 Å². The van der Waals surface area contributed by atoms with Crippen molar-refractivity contribution >= 4 is 29.2 Å². The van der Waals surface area contributed by atoms with Gasteiger partial charge in [0.2, 0.25) is 11.8 Å². The molecule has 1 saturated heterocycles. The molecule has 4 rings (SSSR count). The van der Waals surface area contributed by atoms with Crippen LogP contribution in [0.4, 0.5) is 5.82 Å². The molecule has 0 aliphatic carbocycles. The van der Waals surface area contributed by atoms with Crippen molar-refractivity contribution in [2.75, 3.05) is 11.9 Å². The van der Waals surface area contributed by atoms with Gasteiger partial charge in [0, 0.05) is 29.6 Å². The molecule has 2 amide bonds. The largest absolute Gasteiger partial charge is 0.355 e. The molecule has 0 radical (unpaired) electrons. The van der Waals surface area contributed by atoms with E-state index in [1.54, 1.807) is 0 Å². The maximum Gasteiger partial charge on any atom is 0.230 e. The molecule has 1 fully saturated rings. The van der Waals surface area contributed by atoms with Crippen LogP contribution in [-0.4, -0.2) is 28.1 Å². The number of carbonyl (C=O) groups is 2. The number of hydrogen-bond acceptors (Lipinski definition) is 3. The molecule has 3 aromatic rings. The summed E-state index contributed by atoms with van der Waals surface area (Å²) >= 11 is 6.08. The minimum Gasteiger partial charge on any atom is -0.355 e. The van der Waals surface area contributed by atoms with E-state index in [0.717, 1.165) is 23.4 Å². The Kier molecular flexibility index (Phi) is 6.07. The third-order valence-electron chi connectivity index (χ3n) is 6.20. The lowest BCUT2D eigenvalue weighted by molar-refractivity contribution is -0.123. The first-order valence-corrected chi connectivity index (χ1v) is 11.2. The van der Waals surface area contributed by atoms with Crippen molar-refractivity contribution in [3.63, 3.8) is 0 Å². The number of benzene rings is 2. The van der Waals surface area contributed by atoms with Gasteiger partial charge in [-0.15, -0.1) is 5.10 Å². The third kappa shape index (κ3) is 4.55. The quantitative estimate of drug-likeness (QED) is 0.557. The maximum atomic E-state index is 12.7. The molecular weight excluding hydrogens is 424 g/mol. The topological polar surface area (TPSA) is 76.0 Å². The number of aromatic nitrogens is 2. The summed E-state index contributed by atoms with van der Waals surface area (Å²) < 4.78 is 1.81. The number of amides is 2. The Balaban J connectivity index is 1.73. The van der Waals surface area contributed by atoms with Crippen molar-refractivity contribution in [1.82, 2.24) is 15.1 Å². The highest BCUT2D eigenvalue weighted by Gasteiger charge is 2.28. The molecule has 2 heterocycles. The molecule has 32 heavy (non-hydrogen) atoms. The molecule has 0 unspecified atom stereocenters. The normalized spacial score (nSPS) is 16.1. The number of rotatable bonds is 6. The Morgan fingerprint density at radius 2 is 1.97 bits per heavy atom. The minimum atomic E-state index is -0.389. The first kappa shape index (κ1) is 22.1. The molecule has 6 nitrogen and oxygen atoms in total. The first-order valence-electron chi connectivity index (χ1n) is 10.8. The van der Waals surface area contributed by atoms with Crippen molar-refractivity contribution in [1.29, 1.82) is 0 Å². The summed E-state index contributed by atoms with van der Waals surface area (Å²) in [7, 11) is 0. The van der Waals surface area contributed by atoms with Crippen LogP contribution >= 0.6 is 11.6 Å². The first-order chi connectivity index (χ1) is 15.3. The number of halogens is 1. The Morgan fingerprint density at radius 1 is 1.22 bits per heavy atom. The van der Waals surface area contributed by atoms with Gasteiger partial charge in [0.25, 0.3) is 0 Å². The van der Waals surface area contributed by atoms with E-state index in [9.17, 15) is 9.59 Å². The zero-order valence-electron chi connectivity index (χ0n) is 18.5. The van der Waals surface area contributed by atoms with Crippen LogP contribution in [0.1, 0.15) is 39.2 Å². The van der Waals surface area contributed by atoms with Gasteiger partial charge in [-0.2, -0.15) is 0 Å². The highest BCUT2D eigenvalue weighted by Crippen LogP contribution is 2.32. The van der Waals surface area contributed by atoms with E-state index in [1.165, 1.54) is 5.56 Å². The predicted molar refractivity (Wildman–Crippen MR) is 127 cm³/mol. The van der Waals surface area contributed by atoms with E-state index in [0.29, 0.717) is 17.4 Å². The van der Waals surface area contributed by atoms with E-state index >= 15 is 0 Å². The fraction of sp³-hybridized carbons (Fsp3) is 0.320. The van der Waals surface area contributed by atoms with Crippen LogP contribution in [0.25, 0.3) is 16.9 Å². The summed E-state index contributed by atoms with van der Waals surface area (Å²) in [6, 6.07) is 17.7. The van der Waals surface area contributed by atoms with Crippen LogP contribution in [0.3, 0.4) is 0 Å². The summed E-state index contributed by atoms with van der Waals surface area (Å²) in [5.74, 6) is -0.260. The van der Waals surface area contributed by atoms with E-state index in [-0.39, 0.29) is 29.6 Å². The Bertz CT molecular complexity index is 1150. The second-order valence-electron chi connectivity index (χ2n) is 8.82. The smallest absolute Gasteiger partial charge is 0.230 e. The van der Waals surface area contributed by atoms with Crippen LogP contribution in [0.5, 0.6) is 0 Å². The molecular formula is C25H27ClN4O2. The maximum absolute atomic E-state index is 12.7. The van der Waals surface area contributed by atoms with Gasteiger partial charge in [0.1, 0.15) is 0 Å². The molecule has 1 atom stereocenters. The standard InChI is InChI=1S/C25H27ClN4O2/c1-4-25(2,3)18-7-5-6-16(12-18)21-14-22(28-24(32)17-13-23(31)27-15-17)29-30(21)20-10-8-19(26)9-11-20/h5-12,14,17H,4,13,15H2,1-3H3,(H,27,31)(H,28,29,32)/t17-/m1/s1. The van der Waals surface area contributed by atoms with Gasteiger partial charge < -0.3 is 10.6 Å². The van der Waals surface area contributed by atoms with E-state index in [1.807, 2.05) is 41.1 Å². The van der Waals surface area contributed by atoms with Crippen LogP contribution in [0.2, 0.25) is 5.02 Å². The monoisotopic (exact) mass is 450 g/mol. The third-order valence-corrected chi connectivity index (χ3v) is 6.46. The molecule has 0 saturated carbocycles. The number of nitrogens with zero attached hydrogens (tertiary/aromatic N) is 2. The van der Waals surface area contributed by atoms with Gasteiger partial charge in [0.05, 0.1) is 17.3 Å². The van der Waals surface area contributed by atoms with Crippen molar-refractivity contribution in [2.24, 2.45) is 5.92 Å². The summed E-state index contributed by atoms with van der Waals surface area (Å²) in [4.78, 5) is 24.1. The number of anilines is 1. The SMILES string of the molecule is CCC(C)(C)c1cccc(-c2cc(NC(=O)[C@H]3CNC(=O)C3)nn2-c2ccc(Cl)cc2)c1. The van der Waals surface area contributed by atoms with Gasteiger partial charge >= 0.3 is 0 Å². The molecule has 1 aliphatic rings. The number of hydrogen-bond donors (Lipinski definition) is 2. The van der Waals surface area contributed by atoms with Gasteiger partial charge in [0.15, 0.2) is 5.82 Å². The van der Waals surface area contributed by atoms with E-state index < -0.39 is 0 Å².